The summed E-state index contributed by atoms with van der Waals surface area (Å²) in [5.41, 5.74) is 1.05. The first-order valence-corrected chi connectivity index (χ1v) is 5.96. The molecule has 0 aliphatic carbocycles. The summed E-state index contributed by atoms with van der Waals surface area (Å²) in [5, 5.41) is 16.6. The third kappa shape index (κ3) is 3.30. The molecule has 18 heavy (non-hydrogen) atoms. The van der Waals surface area contributed by atoms with Crippen molar-refractivity contribution in [3.8, 4) is 5.75 Å². The highest BCUT2D eigenvalue weighted by atomic mass is 16.5. The Kier molecular flexibility index (Phi) is 3.94. The quantitative estimate of drug-likeness (QED) is 0.845. The largest absolute Gasteiger partial charge is 0.508 e. The van der Waals surface area contributed by atoms with Crippen LogP contribution in [0.25, 0.3) is 0 Å². The minimum atomic E-state index is 0.171. The molecule has 2 N–H and O–H groups in total. The van der Waals surface area contributed by atoms with Gasteiger partial charge in [-0.1, -0.05) is 17.3 Å². The molecule has 0 radical (unpaired) electrons. The Bertz CT molecular complexity index is 510. The minimum Gasteiger partial charge on any atom is -0.508 e. The van der Waals surface area contributed by atoms with Crippen LogP contribution in [0.1, 0.15) is 30.2 Å². The van der Waals surface area contributed by atoms with Crippen LogP contribution in [0.2, 0.25) is 0 Å². The van der Waals surface area contributed by atoms with Crippen LogP contribution in [0, 0.1) is 6.92 Å². The van der Waals surface area contributed by atoms with Gasteiger partial charge >= 0.3 is 0 Å². The SMILES string of the molecule is Cc1nc(CCNC(C)c2cccc(O)c2)no1. The molecule has 2 rings (SSSR count). The van der Waals surface area contributed by atoms with Crippen molar-refractivity contribution >= 4 is 0 Å². The number of aryl methyl sites for hydroxylation is 1. The van der Waals surface area contributed by atoms with Crippen LogP contribution < -0.4 is 5.32 Å². The summed E-state index contributed by atoms with van der Waals surface area (Å²) in [6, 6.07) is 7.42. The van der Waals surface area contributed by atoms with E-state index in [9.17, 15) is 5.11 Å². The van der Waals surface area contributed by atoms with E-state index in [4.69, 9.17) is 4.52 Å². The molecule has 0 saturated heterocycles. The van der Waals surface area contributed by atoms with Crippen molar-refractivity contribution in [2.24, 2.45) is 0 Å². The predicted octanol–water partition coefficient (Wildman–Crippen LogP) is 1.98. The van der Waals surface area contributed by atoms with E-state index >= 15 is 0 Å². The van der Waals surface area contributed by atoms with Gasteiger partial charge < -0.3 is 14.9 Å². The van der Waals surface area contributed by atoms with Crippen molar-refractivity contribution in [3.05, 3.63) is 41.5 Å². The van der Waals surface area contributed by atoms with Crippen LogP contribution in [-0.2, 0) is 6.42 Å². The van der Waals surface area contributed by atoms with Gasteiger partial charge in [-0.25, -0.2) is 0 Å². The number of hydrogen-bond acceptors (Lipinski definition) is 5. The molecular formula is C13H17N3O2. The van der Waals surface area contributed by atoms with E-state index in [1.807, 2.05) is 12.1 Å². The molecule has 1 heterocycles. The van der Waals surface area contributed by atoms with Gasteiger partial charge in [0.2, 0.25) is 5.89 Å². The second kappa shape index (κ2) is 5.64. The van der Waals surface area contributed by atoms with Crippen molar-refractivity contribution in [1.82, 2.24) is 15.5 Å². The van der Waals surface area contributed by atoms with Crippen LogP contribution in [0.15, 0.2) is 28.8 Å². The first kappa shape index (κ1) is 12.6. The summed E-state index contributed by atoms with van der Waals surface area (Å²) in [6.45, 7) is 4.59. The third-order valence-corrected chi connectivity index (χ3v) is 2.74. The molecular weight excluding hydrogens is 230 g/mol. The monoisotopic (exact) mass is 247 g/mol. The van der Waals surface area contributed by atoms with Crippen molar-refractivity contribution in [3.63, 3.8) is 0 Å². The van der Waals surface area contributed by atoms with Gasteiger partial charge in [-0.2, -0.15) is 4.98 Å². The summed E-state index contributed by atoms with van der Waals surface area (Å²) in [5.74, 6) is 1.59. The maximum atomic E-state index is 9.41. The number of benzene rings is 1. The average molecular weight is 247 g/mol. The molecule has 2 aromatic rings. The standard InChI is InChI=1S/C13H17N3O2/c1-9(11-4-3-5-12(17)8-11)14-7-6-13-15-10(2)18-16-13/h3-5,8-9,14,17H,6-7H2,1-2H3. The lowest BCUT2D eigenvalue weighted by molar-refractivity contribution is 0.386. The zero-order chi connectivity index (χ0) is 13.0. The molecule has 1 unspecified atom stereocenters. The Labute approximate surface area is 106 Å². The Hall–Kier alpha value is -1.88. The van der Waals surface area contributed by atoms with Gasteiger partial charge in [0.1, 0.15) is 5.75 Å². The molecule has 0 spiro atoms. The lowest BCUT2D eigenvalue weighted by atomic mass is 10.1. The highest BCUT2D eigenvalue weighted by Gasteiger charge is 2.06. The summed E-state index contributed by atoms with van der Waals surface area (Å²) >= 11 is 0. The number of aromatic hydroxyl groups is 1. The molecule has 1 aromatic heterocycles. The summed E-state index contributed by atoms with van der Waals surface area (Å²) in [7, 11) is 0. The fourth-order valence-corrected chi connectivity index (χ4v) is 1.76. The van der Waals surface area contributed by atoms with Gasteiger partial charge in [0.15, 0.2) is 5.82 Å². The zero-order valence-corrected chi connectivity index (χ0v) is 10.6. The van der Waals surface area contributed by atoms with E-state index in [2.05, 4.69) is 22.4 Å². The van der Waals surface area contributed by atoms with Crippen molar-refractivity contribution < 1.29 is 9.63 Å². The van der Waals surface area contributed by atoms with E-state index in [1.54, 1.807) is 19.1 Å². The maximum absolute atomic E-state index is 9.41. The molecule has 5 nitrogen and oxygen atoms in total. The van der Waals surface area contributed by atoms with E-state index in [0.717, 1.165) is 18.5 Å². The Morgan fingerprint density at radius 2 is 2.28 bits per heavy atom. The molecule has 1 atom stereocenters. The Morgan fingerprint density at radius 3 is 2.94 bits per heavy atom. The first-order chi connectivity index (χ1) is 8.65. The predicted molar refractivity (Wildman–Crippen MR) is 67.3 cm³/mol. The van der Waals surface area contributed by atoms with Crippen LogP contribution in [0.5, 0.6) is 5.75 Å². The molecule has 0 amide bonds. The minimum absolute atomic E-state index is 0.171. The zero-order valence-electron chi connectivity index (χ0n) is 10.6. The van der Waals surface area contributed by atoms with Gasteiger partial charge in [-0.3, -0.25) is 0 Å². The average Bonchev–Trinajstić information content (AvgIpc) is 2.75. The number of nitrogens with one attached hydrogen (secondary N) is 1. The van der Waals surface area contributed by atoms with Gasteiger partial charge in [0.25, 0.3) is 0 Å². The number of phenolic OH excluding ortho intramolecular Hbond substituents is 1. The highest BCUT2D eigenvalue weighted by Crippen LogP contribution is 2.17. The fraction of sp³-hybridized carbons (Fsp3) is 0.385. The molecule has 0 saturated carbocycles. The fourth-order valence-electron chi connectivity index (χ4n) is 1.76. The Morgan fingerprint density at radius 1 is 1.44 bits per heavy atom. The van der Waals surface area contributed by atoms with E-state index < -0.39 is 0 Å². The van der Waals surface area contributed by atoms with Crippen molar-refractivity contribution in [1.29, 1.82) is 0 Å². The van der Waals surface area contributed by atoms with Crippen molar-refractivity contribution in [2.75, 3.05) is 6.54 Å². The van der Waals surface area contributed by atoms with Crippen LogP contribution in [0.3, 0.4) is 0 Å². The number of phenols is 1. The molecule has 0 bridgehead atoms. The number of nitrogens with zero attached hydrogens (tertiary/aromatic N) is 2. The van der Waals surface area contributed by atoms with Crippen molar-refractivity contribution in [2.45, 2.75) is 26.3 Å². The highest BCUT2D eigenvalue weighted by molar-refractivity contribution is 5.28. The van der Waals surface area contributed by atoms with Gasteiger partial charge in [-0.05, 0) is 24.6 Å². The van der Waals surface area contributed by atoms with Gasteiger partial charge in [-0.15, -0.1) is 0 Å². The molecule has 5 heteroatoms. The van der Waals surface area contributed by atoms with E-state index in [-0.39, 0.29) is 11.8 Å². The molecule has 0 fully saturated rings. The van der Waals surface area contributed by atoms with E-state index in [0.29, 0.717) is 11.7 Å². The van der Waals surface area contributed by atoms with E-state index in [1.165, 1.54) is 0 Å². The van der Waals surface area contributed by atoms with Crippen LogP contribution >= 0.6 is 0 Å². The lowest BCUT2D eigenvalue weighted by Gasteiger charge is -2.13. The maximum Gasteiger partial charge on any atom is 0.223 e. The smallest absolute Gasteiger partial charge is 0.223 e. The normalized spacial score (nSPS) is 12.6. The number of rotatable bonds is 5. The summed E-state index contributed by atoms with van der Waals surface area (Å²) in [4.78, 5) is 4.14. The van der Waals surface area contributed by atoms with Crippen LogP contribution in [-0.4, -0.2) is 21.8 Å². The number of hydrogen-bond donors (Lipinski definition) is 2. The van der Waals surface area contributed by atoms with Gasteiger partial charge in [0.05, 0.1) is 0 Å². The lowest BCUT2D eigenvalue weighted by Crippen LogP contribution is -2.21. The topological polar surface area (TPSA) is 71.2 Å². The first-order valence-electron chi connectivity index (χ1n) is 5.96. The molecule has 96 valence electrons. The third-order valence-electron chi connectivity index (χ3n) is 2.74. The Balaban J connectivity index is 1.83. The summed E-state index contributed by atoms with van der Waals surface area (Å²) in [6.07, 6.45) is 0.723. The second-order valence-electron chi connectivity index (χ2n) is 4.25. The molecule has 1 aromatic carbocycles. The second-order valence-corrected chi connectivity index (χ2v) is 4.25. The summed E-state index contributed by atoms with van der Waals surface area (Å²) < 4.78 is 4.90. The van der Waals surface area contributed by atoms with Gasteiger partial charge in [0, 0.05) is 25.9 Å². The molecule has 0 aliphatic rings. The van der Waals surface area contributed by atoms with Crippen LogP contribution in [0.4, 0.5) is 0 Å². The molecule has 0 aliphatic heterocycles. The number of aromatic nitrogens is 2.